The van der Waals surface area contributed by atoms with Gasteiger partial charge in [0.15, 0.2) is 0 Å². The molecule has 3 aromatic carbocycles. The van der Waals surface area contributed by atoms with Crippen molar-refractivity contribution in [1.29, 1.82) is 0 Å². The van der Waals surface area contributed by atoms with Crippen LogP contribution in [-0.2, 0) is 11.2 Å². The number of ether oxygens (including phenoxy) is 1. The third-order valence-electron chi connectivity index (χ3n) is 5.13. The molecular formula is C25H25N3O2. The Morgan fingerprint density at radius 3 is 2.07 bits per heavy atom. The van der Waals surface area contributed by atoms with Crippen LogP contribution in [0.5, 0.6) is 0 Å². The topological polar surface area (TPSA) is 63.2 Å². The van der Waals surface area contributed by atoms with Crippen molar-refractivity contribution in [2.45, 2.75) is 20.3 Å². The molecule has 30 heavy (non-hydrogen) atoms. The molecule has 0 aliphatic carbocycles. The third-order valence-corrected chi connectivity index (χ3v) is 5.13. The number of carbonyl (C=O) groups is 1. The number of aromatic nitrogens is 1. The predicted molar refractivity (Wildman–Crippen MR) is 123 cm³/mol. The molecule has 0 bridgehead atoms. The summed E-state index contributed by atoms with van der Waals surface area (Å²) >= 11 is 0. The van der Waals surface area contributed by atoms with Crippen LogP contribution in [0.3, 0.4) is 0 Å². The van der Waals surface area contributed by atoms with Crippen molar-refractivity contribution in [3.63, 3.8) is 0 Å². The van der Waals surface area contributed by atoms with Crippen LogP contribution < -0.4 is 10.6 Å². The molecule has 0 aliphatic heterocycles. The van der Waals surface area contributed by atoms with Crippen molar-refractivity contribution < 1.29 is 9.53 Å². The van der Waals surface area contributed by atoms with E-state index in [1.54, 1.807) is 7.05 Å². The van der Waals surface area contributed by atoms with Gasteiger partial charge in [-0.1, -0.05) is 35.4 Å². The van der Waals surface area contributed by atoms with Gasteiger partial charge in [0.1, 0.15) is 0 Å². The first-order valence-corrected chi connectivity index (χ1v) is 10.0. The van der Waals surface area contributed by atoms with E-state index >= 15 is 0 Å². The summed E-state index contributed by atoms with van der Waals surface area (Å²) in [5.74, 6) is 0. The zero-order valence-corrected chi connectivity index (χ0v) is 17.5. The standard InChI is InChI=1S/C25H25N3O2/c1-16-4-10-22-20(14-16)24(21-15-17(2)5-11-23(21)28-22)27-19-8-6-18(7-9-19)12-13-30-25(29)26-3/h4-11,14-15H,12-13H2,1-3H3,(H,26,29)(H,27,28). The molecule has 4 rings (SSSR count). The van der Waals surface area contributed by atoms with E-state index in [1.807, 2.05) is 0 Å². The molecule has 152 valence electrons. The molecule has 5 nitrogen and oxygen atoms in total. The summed E-state index contributed by atoms with van der Waals surface area (Å²) in [5, 5.41) is 8.28. The van der Waals surface area contributed by atoms with Crippen LogP contribution in [0.4, 0.5) is 16.2 Å². The molecule has 0 saturated heterocycles. The van der Waals surface area contributed by atoms with Crippen molar-refractivity contribution in [1.82, 2.24) is 10.3 Å². The summed E-state index contributed by atoms with van der Waals surface area (Å²) in [4.78, 5) is 16.0. The van der Waals surface area contributed by atoms with Crippen molar-refractivity contribution in [3.8, 4) is 0 Å². The Balaban J connectivity index is 1.66. The smallest absolute Gasteiger partial charge is 0.406 e. The molecule has 0 atom stereocenters. The molecule has 0 radical (unpaired) electrons. The van der Waals surface area contributed by atoms with E-state index in [2.05, 4.69) is 85.1 Å². The molecule has 1 aromatic heterocycles. The Labute approximate surface area is 176 Å². The minimum Gasteiger partial charge on any atom is -0.449 e. The maximum absolute atomic E-state index is 11.2. The molecule has 0 spiro atoms. The number of benzene rings is 3. The lowest BCUT2D eigenvalue weighted by Crippen LogP contribution is -2.20. The first-order valence-electron chi connectivity index (χ1n) is 10.0. The average Bonchev–Trinajstić information content (AvgIpc) is 2.75. The minimum atomic E-state index is -0.407. The highest BCUT2D eigenvalue weighted by molar-refractivity contribution is 6.09. The van der Waals surface area contributed by atoms with Gasteiger partial charge < -0.3 is 15.4 Å². The number of alkyl carbamates (subject to hydrolysis) is 1. The lowest BCUT2D eigenvalue weighted by atomic mass is 10.0. The molecule has 2 N–H and O–H groups in total. The van der Waals surface area contributed by atoms with Gasteiger partial charge in [-0.3, -0.25) is 0 Å². The van der Waals surface area contributed by atoms with Crippen LogP contribution in [0, 0.1) is 13.8 Å². The minimum absolute atomic E-state index is 0.352. The quantitative estimate of drug-likeness (QED) is 0.426. The maximum atomic E-state index is 11.2. The summed E-state index contributed by atoms with van der Waals surface area (Å²) in [5.41, 5.74) is 7.53. The normalized spacial score (nSPS) is 10.9. The fourth-order valence-electron chi connectivity index (χ4n) is 3.54. The second kappa shape index (κ2) is 8.41. The number of aryl methyl sites for hydroxylation is 2. The fraction of sp³-hybridized carbons (Fsp3) is 0.200. The predicted octanol–water partition coefficient (Wildman–Crippen LogP) is 5.65. The van der Waals surface area contributed by atoms with E-state index in [0.29, 0.717) is 13.0 Å². The second-order valence-corrected chi connectivity index (χ2v) is 7.49. The van der Waals surface area contributed by atoms with Gasteiger partial charge in [0.05, 0.1) is 23.3 Å². The fourth-order valence-corrected chi connectivity index (χ4v) is 3.54. The summed E-state index contributed by atoms with van der Waals surface area (Å²) in [6.07, 6.45) is 0.267. The van der Waals surface area contributed by atoms with Gasteiger partial charge in [-0.05, 0) is 55.8 Å². The monoisotopic (exact) mass is 399 g/mol. The number of hydrogen-bond donors (Lipinski definition) is 2. The average molecular weight is 399 g/mol. The molecule has 4 aromatic rings. The molecule has 5 heteroatoms. The second-order valence-electron chi connectivity index (χ2n) is 7.49. The highest BCUT2D eigenvalue weighted by Gasteiger charge is 2.10. The lowest BCUT2D eigenvalue weighted by Gasteiger charge is -2.15. The largest absolute Gasteiger partial charge is 0.449 e. The van der Waals surface area contributed by atoms with E-state index < -0.39 is 6.09 Å². The van der Waals surface area contributed by atoms with E-state index in [1.165, 1.54) is 11.1 Å². The van der Waals surface area contributed by atoms with Gasteiger partial charge in [-0.2, -0.15) is 0 Å². The van der Waals surface area contributed by atoms with Gasteiger partial charge in [0.25, 0.3) is 0 Å². The Morgan fingerprint density at radius 1 is 0.900 bits per heavy atom. The summed E-state index contributed by atoms with van der Waals surface area (Å²) < 4.78 is 5.07. The van der Waals surface area contributed by atoms with Gasteiger partial charge in [0, 0.05) is 29.9 Å². The zero-order valence-electron chi connectivity index (χ0n) is 17.5. The van der Waals surface area contributed by atoms with E-state index in [4.69, 9.17) is 9.72 Å². The lowest BCUT2D eigenvalue weighted by molar-refractivity contribution is 0.150. The van der Waals surface area contributed by atoms with Gasteiger partial charge >= 0.3 is 6.09 Å². The van der Waals surface area contributed by atoms with Crippen molar-refractivity contribution in [3.05, 3.63) is 77.4 Å². The number of amides is 1. The highest BCUT2D eigenvalue weighted by atomic mass is 16.5. The molecule has 0 unspecified atom stereocenters. The van der Waals surface area contributed by atoms with Gasteiger partial charge in [0.2, 0.25) is 0 Å². The van der Waals surface area contributed by atoms with Crippen LogP contribution >= 0.6 is 0 Å². The van der Waals surface area contributed by atoms with Crippen molar-refractivity contribution in [2.24, 2.45) is 0 Å². The van der Waals surface area contributed by atoms with Crippen LogP contribution in [0.2, 0.25) is 0 Å². The van der Waals surface area contributed by atoms with Crippen molar-refractivity contribution >= 4 is 39.3 Å². The van der Waals surface area contributed by atoms with Crippen LogP contribution in [0.25, 0.3) is 21.8 Å². The van der Waals surface area contributed by atoms with Crippen LogP contribution in [0.1, 0.15) is 16.7 Å². The highest BCUT2D eigenvalue weighted by Crippen LogP contribution is 2.34. The molecule has 1 amide bonds. The number of nitrogens with one attached hydrogen (secondary N) is 2. The first-order chi connectivity index (χ1) is 14.5. The third kappa shape index (κ3) is 4.20. The Hall–Kier alpha value is -3.60. The number of pyridine rings is 1. The number of fused-ring (bicyclic) bond motifs is 2. The van der Waals surface area contributed by atoms with E-state index in [-0.39, 0.29) is 0 Å². The Kier molecular flexibility index (Phi) is 5.53. The summed E-state index contributed by atoms with van der Waals surface area (Å²) in [6, 6.07) is 20.9. The first kappa shape index (κ1) is 19.7. The molecule has 0 fully saturated rings. The van der Waals surface area contributed by atoms with E-state index in [0.717, 1.165) is 38.7 Å². The van der Waals surface area contributed by atoms with E-state index in [9.17, 15) is 4.79 Å². The van der Waals surface area contributed by atoms with Crippen LogP contribution in [-0.4, -0.2) is 24.7 Å². The summed E-state index contributed by atoms with van der Waals surface area (Å²) in [7, 11) is 1.55. The number of hydrogen-bond acceptors (Lipinski definition) is 4. The number of nitrogens with zero attached hydrogens (tertiary/aromatic N) is 1. The molecular weight excluding hydrogens is 374 g/mol. The number of carbonyl (C=O) groups excluding carboxylic acids is 1. The molecule has 0 saturated carbocycles. The summed E-state index contributed by atoms with van der Waals surface area (Å²) in [6.45, 7) is 4.54. The Morgan fingerprint density at radius 2 is 1.50 bits per heavy atom. The number of rotatable bonds is 5. The molecule has 1 heterocycles. The molecule has 0 aliphatic rings. The van der Waals surface area contributed by atoms with Crippen LogP contribution in [0.15, 0.2) is 60.7 Å². The Bertz CT molecular complexity index is 1160. The number of anilines is 2. The van der Waals surface area contributed by atoms with Gasteiger partial charge in [-0.25, -0.2) is 9.78 Å². The zero-order chi connectivity index (χ0) is 21.1. The van der Waals surface area contributed by atoms with Gasteiger partial charge in [-0.15, -0.1) is 0 Å². The maximum Gasteiger partial charge on any atom is 0.406 e. The van der Waals surface area contributed by atoms with Crippen molar-refractivity contribution in [2.75, 3.05) is 19.0 Å². The SMILES string of the molecule is CNC(=O)OCCc1ccc(Nc2c3cc(C)ccc3nc3ccc(C)cc23)cc1.